The summed E-state index contributed by atoms with van der Waals surface area (Å²) in [5.41, 5.74) is 7.38. The van der Waals surface area contributed by atoms with E-state index in [1.807, 2.05) is 24.3 Å². The van der Waals surface area contributed by atoms with Crippen LogP contribution in [0, 0.1) is 0 Å². The third-order valence-corrected chi connectivity index (χ3v) is 5.59. The summed E-state index contributed by atoms with van der Waals surface area (Å²) in [7, 11) is 0. The number of carboxylic acids is 1. The number of H-pyrrole nitrogens is 2. The fraction of sp³-hybridized carbons (Fsp3) is 0.348. The molecule has 0 saturated heterocycles. The highest BCUT2D eigenvalue weighted by Crippen LogP contribution is 2.19. The molecule has 13 heteroatoms. The van der Waals surface area contributed by atoms with Crippen molar-refractivity contribution in [2.75, 3.05) is 6.54 Å². The number of hydrogen-bond acceptors (Lipinski definition) is 7. The largest absolute Gasteiger partial charge is 0.480 e. The number of carboxylic acid groups (broad SMARTS) is 1. The second-order valence-corrected chi connectivity index (χ2v) is 8.30. The zero-order valence-corrected chi connectivity index (χ0v) is 19.5. The molecule has 3 amide bonds. The number of aliphatic carboxylic acids is 1. The van der Waals surface area contributed by atoms with E-state index in [1.165, 1.54) is 19.4 Å². The van der Waals surface area contributed by atoms with Crippen LogP contribution in [-0.4, -0.2) is 79.6 Å². The molecule has 0 aliphatic rings. The fourth-order valence-electron chi connectivity index (χ4n) is 3.72. The molecule has 9 N–H and O–H groups in total. The summed E-state index contributed by atoms with van der Waals surface area (Å²) in [6, 6.07) is 3.39. The number of imidazole rings is 1. The highest BCUT2D eigenvalue weighted by molar-refractivity contribution is 5.94. The summed E-state index contributed by atoms with van der Waals surface area (Å²) in [6.07, 6.45) is 3.16. The van der Waals surface area contributed by atoms with Gasteiger partial charge in [0.1, 0.15) is 18.1 Å². The predicted octanol–water partition coefficient (Wildman–Crippen LogP) is -1.45. The standard InChI is InChI=1S/C23H29N7O6/c1-12(31)20(30-21(33)17(28-19(32)8-24)7-14-10-25-11-27-14)22(34)29-18(23(35)36)6-13-9-26-16-5-3-2-4-15(13)16/h2-5,9-12,17-18,20,26,31H,6-8,24H2,1H3,(H,25,27)(H,28,32)(H,29,34)(H,30,33)(H,35,36). The molecular formula is C23H29N7O6. The SMILES string of the molecule is CC(O)C(NC(=O)C(Cc1cnc[nH]1)NC(=O)CN)C(=O)NC(Cc1c[nH]c2ccccc12)C(=O)O. The van der Waals surface area contributed by atoms with Crippen molar-refractivity contribution in [2.24, 2.45) is 5.73 Å². The molecule has 2 aromatic heterocycles. The molecule has 0 spiro atoms. The molecule has 4 unspecified atom stereocenters. The summed E-state index contributed by atoms with van der Waals surface area (Å²) in [5, 5.41) is 28.0. The van der Waals surface area contributed by atoms with Crippen molar-refractivity contribution in [1.82, 2.24) is 30.9 Å². The molecular weight excluding hydrogens is 470 g/mol. The number of hydrogen-bond donors (Lipinski definition) is 8. The number of amides is 3. The maximum Gasteiger partial charge on any atom is 0.326 e. The van der Waals surface area contributed by atoms with Crippen molar-refractivity contribution in [3.8, 4) is 0 Å². The van der Waals surface area contributed by atoms with Crippen LogP contribution in [0.25, 0.3) is 10.9 Å². The number of aromatic amines is 2. The lowest BCUT2D eigenvalue weighted by Gasteiger charge is -2.26. The molecule has 1 aromatic carbocycles. The number of aliphatic hydroxyl groups excluding tert-OH is 1. The normalized spacial score (nSPS) is 14.4. The minimum atomic E-state index is -1.48. The third kappa shape index (κ3) is 6.67. The van der Waals surface area contributed by atoms with Crippen molar-refractivity contribution in [1.29, 1.82) is 0 Å². The van der Waals surface area contributed by atoms with Gasteiger partial charge >= 0.3 is 5.97 Å². The number of aromatic nitrogens is 3. The van der Waals surface area contributed by atoms with Gasteiger partial charge in [0.25, 0.3) is 0 Å². The maximum absolute atomic E-state index is 13.0. The van der Waals surface area contributed by atoms with Gasteiger partial charge in [-0.1, -0.05) is 18.2 Å². The number of para-hydroxylation sites is 1. The Balaban J connectivity index is 1.73. The average Bonchev–Trinajstić information content (AvgIpc) is 3.51. The minimum Gasteiger partial charge on any atom is -0.480 e. The number of rotatable bonds is 12. The maximum atomic E-state index is 13.0. The Hall–Kier alpha value is -4.23. The molecule has 0 aliphatic carbocycles. The number of nitrogens with two attached hydrogens (primary N) is 1. The highest BCUT2D eigenvalue weighted by atomic mass is 16.4. The lowest BCUT2D eigenvalue weighted by molar-refractivity contribution is -0.143. The number of nitrogens with zero attached hydrogens (tertiary/aromatic N) is 1. The Labute approximate surface area is 205 Å². The lowest BCUT2D eigenvalue weighted by Crippen LogP contribution is -2.59. The van der Waals surface area contributed by atoms with Gasteiger partial charge in [-0.15, -0.1) is 0 Å². The van der Waals surface area contributed by atoms with E-state index in [4.69, 9.17) is 5.73 Å². The van der Waals surface area contributed by atoms with Gasteiger partial charge in [-0.2, -0.15) is 0 Å². The second kappa shape index (κ2) is 12.0. The molecule has 0 saturated carbocycles. The van der Waals surface area contributed by atoms with Crippen molar-refractivity contribution >= 4 is 34.6 Å². The Morgan fingerprint density at radius 3 is 2.42 bits per heavy atom. The first-order valence-electron chi connectivity index (χ1n) is 11.2. The van der Waals surface area contributed by atoms with Gasteiger partial charge in [0.05, 0.1) is 19.0 Å². The van der Waals surface area contributed by atoms with E-state index >= 15 is 0 Å². The molecule has 3 rings (SSSR count). The molecule has 13 nitrogen and oxygen atoms in total. The Morgan fingerprint density at radius 1 is 1.03 bits per heavy atom. The van der Waals surface area contributed by atoms with Crippen LogP contribution in [0.2, 0.25) is 0 Å². The van der Waals surface area contributed by atoms with E-state index in [9.17, 15) is 29.4 Å². The number of benzene rings is 1. The molecule has 3 aromatic rings. The van der Waals surface area contributed by atoms with Gasteiger partial charge in [-0.3, -0.25) is 14.4 Å². The summed E-state index contributed by atoms with van der Waals surface area (Å²) < 4.78 is 0. The number of aliphatic hydroxyl groups is 1. The number of nitrogens with one attached hydrogen (secondary N) is 5. The summed E-state index contributed by atoms with van der Waals surface area (Å²) in [4.78, 5) is 59.4. The van der Waals surface area contributed by atoms with Crippen LogP contribution < -0.4 is 21.7 Å². The molecule has 2 heterocycles. The highest BCUT2D eigenvalue weighted by Gasteiger charge is 2.32. The Bertz CT molecular complexity index is 1210. The van der Waals surface area contributed by atoms with E-state index in [1.54, 1.807) is 6.20 Å². The van der Waals surface area contributed by atoms with Crippen LogP contribution in [0.1, 0.15) is 18.2 Å². The van der Waals surface area contributed by atoms with Gasteiger partial charge in [-0.25, -0.2) is 9.78 Å². The van der Waals surface area contributed by atoms with E-state index in [0.717, 1.165) is 10.9 Å². The summed E-state index contributed by atoms with van der Waals surface area (Å²) in [6.45, 7) is 0.920. The van der Waals surface area contributed by atoms with E-state index < -0.39 is 47.9 Å². The fourth-order valence-corrected chi connectivity index (χ4v) is 3.72. The zero-order valence-electron chi connectivity index (χ0n) is 19.5. The van der Waals surface area contributed by atoms with Crippen molar-refractivity contribution in [3.63, 3.8) is 0 Å². The van der Waals surface area contributed by atoms with Gasteiger partial charge < -0.3 is 41.9 Å². The lowest BCUT2D eigenvalue weighted by atomic mass is 10.0. The van der Waals surface area contributed by atoms with Gasteiger partial charge in [0, 0.05) is 41.8 Å². The van der Waals surface area contributed by atoms with Crippen LogP contribution in [0.15, 0.2) is 43.0 Å². The van der Waals surface area contributed by atoms with Crippen LogP contribution in [-0.2, 0) is 32.0 Å². The molecule has 36 heavy (non-hydrogen) atoms. The van der Waals surface area contributed by atoms with Crippen molar-refractivity contribution in [3.05, 3.63) is 54.2 Å². The van der Waals surface area contributed by atoms with E-state index in [-0.39, 0.29) is 19.4 Å². The van der Waals surface area contributed by atoms with E-state index in [2.05, 4.69) is 30.9 Å². The van der Waals surface area contributed by atoms with Crippen LogP contribution in [0.3, 0.4) is 0 Å². The first kappa shape index (κ1) is 26.4. The third-order valence-electron chi connectivity index (χ3n) is 5.59. The van der Waals surface area contributed by atoms with Crippen LogP contribution >= 0.6 is 0 Å². The van der Waals surface area contributed by atoms with Gasteiger partial charge in [0.2, 0.25) is 17.7 Å². The number of fused-ring (bicyclic) bond motifs is 1. The first-order chi connectivity index (χ1) is 17.2. The monoisotopic (exact) mass is 499 g/mol. The minimum absolute atomic E-state index is 0.0179. The molecule has 0 aliphatic heterocycles. The van der Waals surface area contributed by atoms with Crippen molar-refractivity contribution < 1.29 is 29.4 Å². The molecule has 0 bridgehead atoms. The quantitative estimate of drug-likeness (QED) is 0.147. The molecule has 0 radical (unpaired) electrons. The number of carbonyl (C=O) groups excluding carboxylic acids is 3. The Morgan fingerprint density at radius 2 is 1.78 bits per heavy atom. The smallest absolute Gasteiger partial charge is 0.326 e. The summed E-state index contributed by atoms with van der Waals surface area (Å²) >= 11 is 0. The van der Waals surface area contributed by atoms with Crippen molar-refractivity contribution in [2.45, 2.75) is 44.0 Å². The van der Waals surface area contributed by atoms with Crippen LogP contribution in [0.4, 0.5) is 0 Å². The second-order valence-electron chi connectivity index (χ2n) is 8.30. The molecule has 192 valence electrons. The predicted molar refractivity (Wildman–Crippen MR) is 128 cm³/mol. The van der Waals surface area contributed by atoms with Crippen LogP contribution in [0.5, 0.6) is 0 Å². The van der Waals surface area contributed by atoms with E-state index in [0.29, 0.717) is 11.3 Å². The van der Waals surface area contributed by atoms with Gasteiger partial charge in [-0.05, 0) is 18.6 Å². The average molecular weight is 500 g/mol. The number of carbonyl (C=O) groups is 4. The topological polar surface area (TPSA) is 215 Å². The first-order valence-corrected chi connectivity index (χ1v) is 11.2. The van der Waals surface area contributed by atoms with Gasteiger partial charge in [0.15, 0.2) is 0 Å². The Kier molecular flexibility index (Phi) is 8.76. The summed E-state index contributed by atoms with van der Waals surface area (Å²) in [5.74, 6) is -3.54. The molecule has 0 fully saturated rings. The molecule has 4 atom stereocenters. The zero-order chi connectivity index (χ0) is 26.2.